The Morgan fingerprint density at radius 1 is 0.320 bits per heavy atom. The Kier molecular flexibility index (Phi) is 6.46. The Bertz CT molecular complexity index is 2870. The molecule has 3 aromatic heterocycles. The van der Waals surface area contributed by atoms with Gasteiger partial charge in [-0.15, -0.1) is 0 Å². The van der Waals surface area contributed by atoms with Crippen molar-refractivity contribution in [1.29, 1.82) is 0 Å². The van der Waals surface area contributed by atoms with Crippen molar-refractivity contribution in [2.24, 2.45) is 0 Å². The van der Waals surface area contributed by atoms with Crippen LogP contribution in [0.5, 0.6) is 0 Å². The molecule has 0 spiro atoms. The van der Waals surface area contributed by atoms with Crippen LogP contribution >= 0.6 is 0 Å². The van der Waals surface area contributed by atoms with Crippen molar-refractivity contribution in [2.75, 3.05) is 0 Å². The van der Waals surface area contributed by atoms with Gasteiger partial charge in [0.1, 0.15) is 22.3 Å². The third-order valence-electron chi connectivity index (χ3n) is 9.48. The maximum Gasteiger partial charge on any atom is 0.160 e. The molecule has 0 aliphatic carbocycles. The van der Waals surface area contributed by atoms with Gasteiger partial charge >= 0.3 is 0 Å². The van der Waals surface area contributed by atoms with Gasteiger partial charge in [-0.1, -0.05) is 115 Å². The number of benzene rings is 7. The number of aromatic nitrogens is 2. The lowest BCUT2D eigenvalue weighted by molar-refractivity contribution is 0.669. The van der Waals surface area contributed by atoms with E-state index in [1.165, 1.54) is 0 Å². The normalized spacial score (nSPS) is 11.6. The maximum absolute atomic E-state index is 6.51. The van der Waals surface area contributed by atoms with Crippen LogP contribution in [0.15, 0.2) is 179 Å². The molecule has 0 N–H and O–H groups in total. The lowest BCUT2D eigenvalue weighted by Gasteiger charge is -2.13. The van der Waals surface area contributed by atoms with Crippen LogP contribution < -0.4 is 0 Å². The van der Waals surface area contributed by atoms with E-state index in [0.29, 0.717) is 5.82 Å². The second-order valence-corrected chi connectivity index (χ2v) is 12.6. The lowest BCUT2D eigenvalue weighted by Crippen LogP contribution is -1.96. The zero-order valence-corrected chi connectivity index (χ0v) is 26.9. The molecule has 0 radical (unpaired) electrons. The van der Waals surface area contributed by atoms with Crippen LogP contribution in [0.2, 0.25) is 0 Å². The average Bonchev–Trinajstić information content (AvgIpc) is 3.76. The molecule has 10 rings (SSSR count). The zero-order valence-electron chi connectivity index (χ0n) is 26.9. The van der Waals surface area contributed by atoms with Crippen LogP contribution in [0, 0.1) is 0 Å². The monoisotopic (exact) mass is 640 g/mol. The van der Waals surface area contributed by atoms with E-state index in [4.69, 9.17) is 18.8 Å². The lowest BCUT2D eigenvalue weighted by atomic mass is 9.93. The summed E-state index contributed by atoms with van der Waals surface area (Å²) in [5, 5.41) is 4.36. The van der Waals surface area contributed by atoms with Gasteiger partial charge < -0.3 is 8.83 Å². The van der Waals surface area contributed by atoms with Gasteiger partial charge in [0, 0.05) is 43.8 Å². The van der Waals surface area contributed by atoms with Gasteiger partial charge in [0.25, 0.3) is 0 Å². The number of furan rings is 2. The summed E-state index contributed by atoms with van der Waals surface area (Å²) in [5.41, 5.74) is 12.4. The molecule has 50 heavy (non-hydrogen) atoms. The highest BCUT2D eigenvalue weighted by molar-refractivity contribution is 6.10. The van der Waals surface area contributed by atoms with Gasteiger partial charge in [-0.25, -0.2) is 9.97 Å². The molecule has 0 atom stereocenters. The third kappa shape index (κ3) is 4.77. The van der Waals surface area contributed by atoms with E-state index in [1.807, 2.05) is 60.7 Å². The molecule has 4 nitrogen and oxygen atoms in total. The Morgan fingerprint density at radius 3 is 1.68 bits per heavy atom. The fourth-order valence-electron chi connectivity index (χ4n) is 7.05. The van der Waals surface area contributed by atoms with Crippen molar-refractivity contribution in [3.63, 3.8) is 0 Å². The molecule has 0 saturated carbocycles. The van der Waals surface area contributed by atoms with E-state index < -0.39 is 0 Å². The standard InChI is InChI=1S/C46H28N2O2/c1-3-12-29(13-4-1)32-24-33(35-18-11-19-38-36-16-7-10-21-43(36)50-45(35)38)26-34(25-32)41-28-40(47-46(48-41)30-14-5-2-6-15-30)31-22-23-44-39(27-31)37-17-8-9-20-42(37)49-44/h1-28H. The predicted molar refractivity (Wildman–Crippen MR) is 204 cm³/mol. The van der Waals surface area contributed by atoms with Crippen molar-refractivity contribution < 1.29 is 8.83 Å². The van der Waals surface area contributed by atoms with Gasteiger partial charge in [0.05, 0.1) is 11.4 Å². The molecule has 0 fully saturated rings. The minimum absolute atomic E-state index is 0.668. The van der Waals surface area contributed by atoms with E-state index in [2.05, 4.69) is 109 Å². The number of hydrogen-bond donors (Lipinski definition) is 0. The Labute approximate surface area is 287 Å². The highest BCUT2D eigenvalue weighted by atomic mass is 16.3. The quantitative estimate of drug-likeness (QED) is 0.188. The van der Waals surface area contributed by atoms with E-state index >= 15 is 0 Å². The Morgan fingerprint density at radius 2 is 0.900 bits per heavy atom. The summed E-state index contributed by atoms with van der Waals surface area (Å²) in [6.07, 6.45) is 0. The third-order valence-corrected chi connectivity index (χ3v) is 9.48. The molecule has 0 amide bonds. The Balaban J connectivity index is 1.21. The molecule has 0 aliphatic heterocycles. The van der Waals surface area contributed by atoms with Crippen LogP contribution in [0.3, 0.4) is 0 Å². The van der Waals surface area contributed by atoms with Crippen molar-refractivity contribution in [3.05, 3.63) is 170 Å². The van der Waals surface area contributed by atoms with Crippen LogP contribution in [-0.4, -0.2) is 9.97 Å². The number of rotatable bonds is 5. The fraction of sp³-hybridized carbons (Fsp3) is 0. The van der Waals surface area contributed by atoms with Crippen molar-refractivity contribution >= 4 is 43.9 Å². The first-order chi connectivity index (χ1) is 24.7. The molecular weight excluding hydrogens is 613 g/mol. The van der Waals surface area contributed by atoms with Gasteiger partial charge in [-0.3, -0.25) is 0 Å². The molecule has 0 saturated heterocycles. The molecule has 3 heterocycles. The maximum atomic E-state index is 6.51. The average molecular weight is 641 g/mol. The summed E-state index contributed by atoms with van der Waals surface area (Å²) in [6, 6.07) is 58.6. The number of fused-ring (bicyclic) bond motifs is 6. The van der Waals surface area contributed by atoms with E-state index in [0.717, 1.165) is 94.2 Å². The minimum atomic E-state index is 0.668. The second-order valence-electron chi connectivity index (χ2n) is 12.6. The van der Waals surface area contributed by atoms with Crippen molar-refractivity contribution in [2.45, 2.75) is 0 Å². The van der Waals surface area contributed by atoms with Crippen LogP contribution in [0.1, 0.15) is 0 Å². The molecule has 0 unspecified atom stereocenters. The first-order valence-electron chi connectivity index (χ1n) is 16.7. The highest BCUT2D eigenvalue weighted by Gasteiger charge is 2.17. The summed E-state index contributed by atoms with van der Waals surface area (Å²) in [4.78, 5) is 10.4. The fourth-order valence-corrected chi connectivity index (χ4v) is 7.05. The summed E-state index contributed by atoms with van der Waals surface area (Å²) in [6.45, 7) is 0. The van der Waals surface area contributed by atoms with Crippen LogP contribution in [-0.2, 0) is 0 Å². The molecule has 4 heteroatoms. The summed E-state index contributed by atoms with van der Waals surface area (Å²) in [5.74, 6) is 0.668. The van der Waals surface area contributed by atoms with Gasteiger partial charge in [0.2, 0.25) is 0 Å². The summed E-state index contributed by atoms with van der Waals surface area (Å²) in [7, 11) is 0. The topological polar surface area (TPSA) is 52.1 Å². The SMILES string of the molecule is c1ccc(-c2cc(-c3cc(-c4ccc5oc6ccccc6c5c4)nc(-c4ccccc4)n3)cc(-c3cccc4c3oc3ccccc34)c2)cc1. The molecule has 0 bridgehead atoms. The molecular formula is C46H28N2O2. The summed E-state index contributed by atoms with van der Waals surface area (Å²) < 4.78 is 12.7. The van der Waals surface area contributed by atoms with Crippen molar-refractivity contribution in [3.8, 4) is 56.2 Å². The largest absolute Gasteiger partial charge is 0.456 e. The van der Waals surface area contributed by atoms with Crippen molar-refractivity contribution in [1.82, 2.24) is 9.97 Å². The van der Waals surface area contributed by atoms with E-state index in [-0.39, 0.29) is 0 Å². The highest BCUT2D eigenvalue weighted by Crippen LogP contribution is 2.40. The number of hydrogen-bond acceptors (Lipinski definition) is 4. The zero-order chi connectivity index (χ0) is 33.0. The van der Waals surface area contributed by atoms with E-state index in [9.17, 15) is 0 Å². The Hall–Kier alpha value is -6.78. The number of nitrogens with zero attached hydrogens (tertiary/aromatic N) is 2. The molecule has 7 aromatic carbocycles. The van der Waals surface area contributed by atoms with Gasteiger partial charge in [-0.2, -0.15) is 0 Å². The number of para-hydroxylation sites is 3. The molecule has 0 aliphatic rings. The predicted octanol–water partition coefficient (Wildman–Crippen LogP) is 12.6. The second kappa shape index (κ2) is 11.4. The minimum Gasteiger partial charge on any atom is -0.456 e. The first-order valence-corrected chi connectivity index (χ1v) is 16.7. The van der Waals surface area contributed by atoms with Crippen LogP contribution in [0.25, 0.3) is 100 Å². The first kappa shape index (κ1) is 28.3. The smallest absolute Gasteiger partial charge is 0.160 e. The molecule has 234 valence electrons. The molecule has 10 aromatic rings. The van der Waals surface area contributed by atoms with Gasteiger partial charge in [0.15, 0.2) is 5.82 Å². The van der Waals surface area contributed by atoms with Gasteiger partial charge in [-0.05, 0) is 71.3 Å². The van der Waals surface area contributed by atoms with E-state index in [1.54, 1.807) is 0 Å². The summed E-state index contributed by atoms with van der Waals surface area (Å²) >= 11 is 0. The van der Waals surface area contributed by atoms with Crippen LogP contribution in [0.4, 0.5) is 0 Å².